The van der Waals surface area contributed by atoms with Crippen LogP contribution in [0.4, 0.5) is 5.69 Å². The van der Waals surface area contributed by atoms with E-state index >= 15 is 0 Å². The third kappa shape index (κ3) is 3.75. The molecule has 0 radical (unpaired) electrons. The molecule has 2 aromatic carbocycles. The van der Waals surface area contributed by atoms with Gasteiger partial charge in [-0.05, 0) is 38.1 Å². The zero-order valence-electron chi connectivity index (χ0n) is 12.4. The molecule has 4 heteroatoms. The minimum absolute atomic E-state index is 0.00483. The Morgan fingerprint density at radius 2 is 1.62 bits per heavy atom. The minimum atomic E-state index is -0.226. The summed E-state index contributed by atoms with van der Waals surface area (Å²) >= 11 is 0. The van der Waals surface area contributed by atoms with E-state index in [0.29, 0.717) is 22.7 Å². The van der Waals surface area contributed by atoms with Crippen LogP contribution in [0.25, 0.3) is 0 Å². The summed E-state index contributed by atoms with van der Waals surface area (Å²) < 4.78 is 10.9. The van der Waals surface area contributed by atoms with Crippen molar-refractivity contribution >= 4 is 11.6 Å². The van der Waals surface area contributed by atoms with Gasteiger partial charge in [-0.25, -0.2) is 0 Å². The van der Waals surface area contributed by atoms with Crippen molar-refractivity contribution in [3.8, 4) is 11.5 Å². The molecule has 0 aliphatic carbocycles. The Kier molecular flexibility index (Phi) is 4.82. The highest BCUT2D eigenvalue weighted by Crippen LogP contribution is 2.26. The van der Waals surface area contributed by atoms with Gasteiger partial charge in [-0.1, -0.05) is 24.3 Å². The van der Waals surface area contributed by atoms with E-state index in [-0.39, 0.29) is 12.0 Å². The first-order valence-corrected chi connectivity index (χ1v) is 6.82. The number of ether oxygens (including phenoxy) is 2. The normalized spacial score (nSPS) is 10.3. The number of carbonyl (C=O) groups excluding carboxylic acids is 1. The average Bonchev–Trinajstić information content (AvgIpc) is 2.47. The Morgan fingerprint density at radius 1 is 1.00 bits per heavy atom. The van der Waals surface area contributed by atoms with Crippen LogP contribution in [0, 0.1) is 0 Å². The van der Waals surface area contributed by atoms with Crippen molar-refractivity contribution in [3.63, 3.8) is 0 Å². The molecule has 0 saturated heterocycles. The van der Waals surface area contributed by atoms with Gasteiger partial charge in [-0.15, -0.1) is 0 Å². The summed E-state index contributed by atoms with van der Waals surface area (Å²) in [5, 5.41) is 2.85. The molecule has 0 heterocycles. The standard InChI is InChI=1S/C17H19NO3/c1-12(2)21-15-10-6-4-8-13(15)17(19)18-14-9-5-7-11-16(14)20-3/h4-12H,1-3H3,(H,18,19). The molecular weight excluding hydrogens is 266 g/mol. The first-order chi connectivity index (χ1) is 10.1. The second-order valence-electron chi connectivity index (χ2n) is 4.82. The van der Waals surface area contributed by atoms with Gasteiger partial charge in [0.2, 0.25) is 0 Å². The molecule has 2 aromatic rings. The van der Waals surface area contributed by atoms with Crippen LogP contribution >= 0.6 is 0 Å². The van der Waals surface area contributed by atoms with E-state index in [4.69, 9.17) is 9.47 Å². The van der Waals surface area contributed by atoms with Gasteiger partial charge in [-0.2, -0.15) is 0 Å². The maximum Gasteiger partial charge on any atom is 0.259 e. The predicted molar refractivity (Wildman–Crippen MR) is 83.2 cm³/mol. The number of amides is 1. The van der Waals surface area contributed by atoms with Gasteiger partial charge >= 0.3 is 0 Å². The van der Waals surface area contributed by atoms with E-state index in [1.807, 2.05) is 38.1 Å². The summed E-state index contributed by atoms with van der Waals surface area (Å²) in [5.74, 6) is 0.962. The first-order valence-electron chi connectivity index (χ1n) is 6.82. The number of carbonyl (C=O) groups is 1. The molecule has 0 spiro atoms. The lowest BCUT2D eigenvalue weighted by molar-refractivity contribution is 0.102. The summed E-state index contributed by atoms with van der Waals surface area (Å²) in [5.41, 5.74) is 1.13. The molecule has 0 bridgehead atoms. The van der Waals surface area contributed by atoms with E-state index < -0.39 is 0 Å². The number of anilines is 1. The molecule has 1 amide bonds. The van der Waals surface area contributed by atoms with Gasteiger partial charge in [0.1, 0.15) is 11.5 Å². The lowest BCUT2D eigenvalue weighted by Gasteiger charge is -2.15. The third-order valence-electron chi connectivity index (χ3n) is 2.85. The molecular formula is C17H19NO3. The Morgan fingerprint density at radius 3 is 2.29 bits per heavy atom. The van der Waals surface area contributed by atoms with Gasteiger partial charge in [0.25, 0.3) is 5.91 Å². The van der Waals surface area contributed by atoms with E-state index in [9.17, 15) is 4.79 Å². The van der Waals surface area contributed by atoms with Gasteiger partial charge in [0.15, 0.2) is 0 Å². The van der Waals surface area contributed by atoms with Crippen LogP contribution in [0.3, 0.4) is 0 Å². The van der Waals surface area contributed by atoms with Crippen molar-refractivity contribution in [3.05, 3.63) is 54.1 Å². The Balaban J connectivity index is 2.24. The number of nitrogens with one attached hydrogen (secondary N) is 1. The zero-order chi connectivity index (χ0) is 15.2. The predicted octanol–water partition coefficient (Wildman–Crippen LogP) is 3.73. The van der Waals surface area contributed by atoms with Crippen LogP contribution in [-0.2, 0) is 0 Å². The summed E-state index contributed by atoms with van der Waals surface area (Å²) in [6, 6.07) is 14.5. The summed E-state index contributed by atoms with van der Waals surface area (Å²) in [6.07, 6.45) is 0.00483. The first kappa shape index (κ1) is 14.9. The summed E-state index contributed by atoms with van der Waals surface area (Å²) in [4.78, 5) is 12.4. The fraction of sp³-hybridized carbons (Fsp3) is 0.235. The highest BCUT2D eigenvalue weighted by Gasteiger charge is 2.14. The largest absolute Gasteiger partial charge is 0.495 e. The third-order valence-corrected chi connectivity index (χ3v) is 2.85. The average molecular weight is 285 g/mol. The van der Waals surface area contributed by atoms with Crippen molar-refractivity contribution in [1.29, 1.82) is 0 Å². The number of hydrogen-bond donors (Lipinski definition) is 1. The van der Waals surface area contributed by atoms with Crippen molar-refractivity contribution in [2.24, 2.45) is 0 Å². The number of hydrogen-bond acceptors (Lipinski definition) is 3. The number of rotatable bonds is 5. The molecule has 21 heavy (non-hydrogen) atoms. The zero-order valence-corrected chi connectivity index (χ0v) is 12.4. The Hall–Kier alpha value is -2.49. The maximum atomic E-state index is 12.4. The second-order valence-corrected chi connectivity index (χ2v) is 4.82. The fourth-order valence-electron chi connectivity index (χ4n) is 1.95. The number of methoxy groups -OCH3 is 1. The van der Waals surface area contributed by atoms with Crippen LogP contribution in [0.2, 0.25) is 0 Å². The summed E-state index contributed by atoms with van der Waals surface area (Å²) in [6.45, 7) is 3.85. The number of benzene rings is 2. The molecule has 4 nitrogen and oxygen atoms in total. The molecule has 1 N–H and O–H groups in total. The van der Waals surface area contributed by atoms with Gasteiger partial charge in [0, 0.05) is 0 Å². The smallest absolute Gasteiger partial charge is 0.259 e. The van der Waals surface area contributed by atoms with Crippen LogP contribution < -0.4 is 14.8 Å². The van der Waals surface area contributed by atoms with E-state index in [0.717, 1.165) is 0 Å². The molecule has 0 aliphatic heterocycles. The van der Waals surface area contributed by atoms with E-state index in [1.54, 1.807) is 31.4 Å². The molecule has 0 fully saturated rings. The molecule has 110 valence electrons. The van der Waals surface area contributed by atoms with Crippen LogP contribution in [0.5, 0.6) is 11.5 Å². The summed E-state index contributed by atoms with van der Waals surface area (Å²) in [7, 11) is 1.57. The SMILES string of the molecule is COc1ccccc1NC(=O)c1ccccc1OC(C)C. The van der Waals surface area contributed by atoms with Crippen molar-refractivity contribution in [2.75, 3.05) is 12.4 Å². The molecule has 0 aromatic heterocycles. The molecule has 0 saturated carbocycles. The topological polar surface area (TPSA) is 47.6 Å². The molecule has 0 unspecified atom stereocenters. The van der Waals surface area contributed by atoms with Gasteiger partial charge in [-0.3, -0.25) is 4.79 Å². The van der Waals surface area contributed by atoms with E-state index in [1.165, 1.54) is 0 Å². The monoisotopic (exact) mass is 285 g/mol. The Bertz CT molecular complexity index is 623. The fourth-order valence-corrected chi connectivity index (χ4v) is 1.95. The van der Waals surface area contributed by atoms with Crippen LogP contribution in [0.1, 0.15) is 24.2 Å². The molecule has 2 rings (SSSR count). The van der Waals surface area contributed by atoms with Crippen LogP contribution in [0.15, 0.2) is 48.5 Å². The maximum absolute atomic E-state index is 12.4. The quantitative estimate of drug-likeness (QED) is 0.910. The van der Waals surface area contributed by atoms with E-state index in [2.05, 4.69) is 5.32 Å². The van der Waals surface area contributed by atoms with Crippen LogP contribution in [-0.4, -0.2) is 19.1 Å². The molecule has 0 aliphatic rings. The second kappa shape index (κ2) is 6.79. The Labute approximate surface area is 124 Å². The highest BCUT2D eigenvalue weighted by molar-refractivity contribution is 6.06. The van der Waals surface area contributed by atoms with Crippen molar-refractivity contribution in [2.45, 2.75) is 20.0 Å². The number of para-hydroxylation sites is 3. The highest BCUT2D eigenvalue weighted by atomic mass is 16.5. The van der Waals surface area contributed by atoms with Gasteiger partial charge < -0.3 is 14.8 Å². The lowest BCUT2D eigenvalue weighted by atomic mass is 10.1. The minimum Gasteiger partial charge on any atom is -0.495 e. The lowest BCUT2D eigenvalue weighted by Crippen LogP contribution is -2.16. The van der Waals surface area contributed by atoms with Crippen molar-refractivity contribution < 1.29 is 14.3 Å². The van der Waals surface area contributed by atoms with Crippen molar-refractivity contribution in [1.82, 2.24) is 0 Å². The van der Waals surface area contributed by atoms with Gasteiger partial charge in [0.05, 0.1) is 24.5 Å². The molecule has 0 atom stereocenters.